The Morgan fingerprint density at radius 1 is 1.30 bits per heavy atom. The molecule has 1 fully saturated rings. The molecule has 1 aromatic rings. The summed E-state index contributed by atoms with van der Waals surface area (Å²) in [5, 5.41) is 3.22. The third-order valence-corrected chi connectivity index (χ3v) is 5.82. The third kappa shape index (κ3) is 4.29. The van der Waals surface area contributed by atoms with Crippen molar-refractivity contribution in [2.24, 2.45) is 0 Å². The van der Waals surface area contributed by atoms with Gasteiger partial charge >= 0.3 is 0 Å². The molecule has 1 atom stereocenters. The predicted molar refractivity (Wildman–Crippen MR) is 92.3 cm³/mol. The first-order chi connectivity index (χ1) is 10.5. The average Bonchev–Trinajstić information content (AvgIpc) is 3.05. The minimum atomic E-state index is -3.63. The molecule has 2 rings (SSSR count). The van der Waals surface area contributed by atoms with Crippen LogP contribution < -0.4 is 14.8 Å². The minimum Gasteiger partial charge on any atom is -0.497 e. The Hall–Kier alpha value is -1.02. The lowest BCUT2D eigenvalue weighted by Crippen LogP contribution is -2.42. The number of hydrogen-bond donors (Lipinski definition) is 1. The number of methoxy groups -OCH3 is 2. The van der Waals surface area contributed by atoms with Crippen LogP contribution in [0.25, 0.3) is 0 Å². The van der Waals surface area contributed by atoms with Crippen LogP contribution in [0.2, 0.25) is 0 Å². The average molecular weight is 365 g/mol. The predicted octanol–water partition coefficient (Wildman–Crippen LogP) is 1.89. The van der Waals surface area contributed by atoms with Crippen molar-refractivity contribution in [3.63, 3.8) is 0 Å². The molecular weight excluding hydrogens is 340 g/mol. The molecule has 0 spiro atoms. The van der Waals surface area contributed by atoms with Gasteiger partial charge in [-0.1, -0.05) is 6.92 Å². The molecule has 0 amide bonds. The molecule has 0 aliphatic carbocycles. The van der Waals surface area contributed by atoms with Gasteiger partial charge in [-0.05, 0) is 31.5 Å². The van der Waals surface area contributed by atoms with Gasteiger partial charge in [-0.15, -0.1) is 12.4 Å². The Morgan fingerprint density at radius 3 is 2.57 bits per heavy atom. The van der Waals surface area contributed by atoms with E-state index in [0.29, 0.717) is 24.6 Å². The third-order valence-electron chi connectivity index (χ3n) is 3.84. The molecule has 23 heavy (non-hydrogen) atoms. The van der Waals surface area contributed by atoms with Crippen LogP contribution in [0.5, 0.6) is 11.5 Å². The summed E-state index contributed by atoms with van der Waals surface area (Å²) in [6.45, 7) is 4.00. The standard InChI is InChI=1S/C15H24N2O4S.ClH/c1-4-9-17(12-7-8-16-11-12)22(18,19)15-10-13(20-2)5-6-14(15)21-3;/h5-6,10,12,16H,4,7-9,11H2,1-3H3;1H. The fraction of sp³-hybridized carbons (Fsp3) is 0.600. The van der Waals surface area contributed by atoms with Crippen LogP contribution >= 0.6 is 12.4 Å². The lowest BCUT2D eigenvalue weighted by molar-refractivity contribution is 0.331. The maximum atomic E-state index is 13.1. The Morgan fingerprint density at radius 2 is 2.04 bits per heavy atom. The van der Waals surface area contributed by atoms with Crippen molar-refractivity contribution in [1.82, 2.24) is 9.62 Å². The maximum Gasteiger partial charge on any atom is 0.247 e. The first-order valence-electron chi connectivity index (χ1n) is 7.49. The van der Waals surface area contributed by atoms with E-state index in [-0.39, 0.29) is 23.3 Å². The summed E-state index contributed by atoms with van der Waals surface area (Å²) >= 11 is 0. The molecule has 8 heteroatoms. The van der Waals surface area contributed by atoms with E-state index >= 15 is 0 Å². The van der Waals surface area contributed by atoms with Gasteiger partial charge in [0.1, 0.15) is 16.4 Å². The number of ether oxygens (including phenoxy) is 2. The number of hydrogen-bond acceptors (Lipinski definition) is 5. The normalized spacial score (nSPS) is 17.8. The van der Waals surface area contributed by atoms with Crippen molar-refractivity contribution in [2.45, 2.75) is 30.7 Å². The van der Waals surface area contributed by atoms with E-state index in [0.717, 1.165) is 19.4 Å². The fourth-order valence-corrected chi connectivity index (χ4v) is 4.64. The van der Waals surface area contributed by atoms with Gasteiger partial charge in [0.25, 0.3) is 0 Å². The number of sulfonamides is 1. The summed E-state index contributed by atoms with van der Waals surface area (Å²) in [5.74, 6) is 0.841. The fourth-order valence-electron chi connectivity index (χ4n) is 2.72. The highest BCUT2D eigenvalue weighted by Gasteiger charge is 2.34. The van der Waals surface area contributed by atoms with Gasteiger partial charge < -0.3 is 14.8 Å². The first-order valence-corrected chi connectivity index (χ1v) is 8.93. The molecule has 1 aliphatic rings. The van der Waals surface area contributed by atoms with E-state index in [1.165, 1.54) is 20.3 Å². The van der Waals surface area contributed by atoms with Crippen molar-refractivity contribution in [1.29, 1.82) is 0 Å². The summed E-state index contributed by atoms with van der Waals surface area (Å²) < 4.78 is 38.2. The highest BCUT2D eigenvalue weighted by molar-refractivity contribution is 7.89. The van der Waals surface area contributed by atoms with Crippen LogP contribution in [0.3, 0.4) is 0 Å². The van der Waals surface area contributed by atoms with Crippen molar-refractivity contribution >= 4 is 22.4 Å². The maximum absolute atomic E-state index is 13.1. The molecule has 1 unspecified atom stereocenters. The Labute approximate surface area is 144 Å². The Balaban J connectivity index is 0.00000264. The van der Waals surface area contributed by atoms with Crippen molar-refractivity contribution in [3.05, 3.63) is 18.2 Å². The Bertz CT molecular complexity index is 603. The largest absolute Gasteiger partial charge is 0.497 e. The summed E-state index contributed by atoms with van der Waals surface area (Å²) in [6.07, 6.45) is 1.59. The molecule has 1 aliphatic heterocycles. The number of halogens is 1. The molecule has 1 N–H and O–H groups in total. The lowest BCUT2D eigenvalue weighted by atomic mass is 10.2. The first kappa shape index (κ1) is 20.0. The van der Waals surface area contributed by atoms with Crippen LogP contribution in [0, 0.1) is 0 Å². The number of nitrogens with zero attached hydrogens (tertiary/aromatic N) is 1. The molecule has 132 valence electrons. The number of nitrogens with one attached hydrogen (secondary N) is 1. The van der Waals surface area contributed by atoms with Gasteiger partial charge in [0.2, 0.25) is 10.0 Å². The van der Waals surface area contributed by atoms with E-state index in [1.807, 2.05) is 6.92 Å². The van der Waals surface area contributed by atoms with Crippen molar-refractivity contribution in [2.75, 3.05) is 33.9 Å². The zero-order valence-electron chi connectivity index (χ0n) is 13.7. The highest BCUT2D eigenvalue weighted by atomic mass is 35.5. The van der Waals surface area contributed by atoms with Gasteiger partial charge in [-0.3, -0.25) is 0 Å². The molecule has 0 aromatic heterocycles. The van der Waals surface area contributed by atoms with Gasteiger partial charge in [-0.2, -0.15) is 4.31 Å². The molecule has 1 aromatic carbocycles. The lowest BCUT2D eigenvalue weighted by Gasteiger charge is -2.28. The van der Waals surface area contributed by atoms with Gasteiger partial charge in [0.05, 0.1) is 14.2 Å². The monoisotopic (exact) mass is 364 g/mol. The summed E-state index contributed by atoms with van der Waals surface area (Å²) in [5.41, 5.74) is 0. The molecular formula is C15H25ClN2O4S. The van der Waals surface area contributed by atoms with E-state index in [9.17, 15) is 8.42 Å². The second-order valence-electron chi connectivity index (χ2n) is 5.28. The van der Waals surface area contributed by atoms with E-state index in [2.05, 4.69) is 5.32 Å². The van der Waals surface area contributed by atoms with Crippen LogP contribution in [-0.2, 0) is 10.0 Å². The van der Waals surface area contributed by atoms with Crippen LogP contribution in [0.1, 0.15) is 19.8 Å². The van der Waals surface area contributed by atoms with Crippen molar-refractivity contribution in [3.8, 4) is 11.5 Å². The van der Waals surface area contributed by atoms with Crippen LogP contribution in [-0.4, -0.2) is 52.6 Å². The van der Waals surface area contributed by atoms with Crippen LogP contribution in [0.4, 0.5) is 0 Å². The SMILES string of the molecule is CCCN(C1CCNC1)S(=O)(=O)c1cc(OC)ccc1OC.Cl. The quantitative estimate of drug-likeness (QED) is 0.800. The molecule has 6 nitrogen and oxygen atoms in total. The smallest absolute Gasteiger partial charge is 0.247 e. The van der Waals surface area contributed by atoms with Gasteiger partial charge in [-0.25, -0.2) is 8.42 Å². The number of rotatable bonds is 7. The van der Waals surface area contributed by atoms with Gasteiger partial charge in [0.15, 0.2) is 0 Å². The highest BCUT2D eigenvalue weighted by Crippen LogP contribution is 2.32. The second-order valence-corrected chi connectivity index (χ2v) is 7.14. The topological polar surface area (TPSA) is 67.9 Å². The second kappa shape index (κ2) is 8.73. The van der Waals surface area contributed by atoms with Crippen LogP contribution in [0.15, 0.2) is 23.1 Å². The molecule has 0 bridgehead atoms. The molecule has 0 saturated carbocycles. The van der Waals surface area contributed by atoms with Crippen molar-refractivity contribution < 1.29 is 17.9 Å². The van der Waals surface area contributed by atoms with E-state index < -0.39 is 10.0 Å². The summed E-state index contributed by atoms with van der Waals surface area (Å²) in [6, 6.07) is 4.84. The zero-order chi connectivity index (χ0) is 16.2. The molecule has 1 heterocycles. The van der Waals surface area contributed by atoms with Gasteiger partial charge in [0, 0.05) is 25.2 Å². The van der Waals surface area contributed by atoms with E-state index in [4.69, 9.17) is 9.47 Å². The Kier molecular flexibility index (Phi) is 7.60. The zero-order valence-corrected chi connectivity index (χ0v) is 15.4. The molecule has 1 saturated heterocycles. The van der Waals surface area contributed by atoms with E-state index in [1.54, 1.807) is 16.4 Å². The number of benzene rings is 1. The summed E-state index contributed by atoms with van der Waals surface area (Å²) in [7, 11) is -0.643. The minimum absolute atomic E-state index is 0. The summed E-state index contributed by atoms with van der Waals surface area (Å²) in [4.78, 5) is 0.162. The molecule has 0 radical (unpaired) electrons.